The van der Waals surface area contributed by atoms with E-state index in [0.717, 1.165) is 47.9 Å². The van der Waals surface area contributed by atoms with Gasteiger partial charge in [-0.15, -0.1) is 20.4 Å². The van der Waals surface area contributed by atoms with Crippen molar-refractivity contribution in [2.24, 2.45) is 11.8 Å². The summed E-state index contributed by atoms with van der Waals surface area (Å²) in [7, 11) is -7.85. The van der Waals surface area contributed by atoms with Crippen LogP contribution in [0, 0.1) is 37.3 Å². The number of carbonyl (C=O) groups is 2. The van der Waals surface area contributed by atoms with Gasteiger partial charge in [0.05, 0.1) is 72.0 Å². The van der Waals surface area contributed by atoms with Gasteiger partial charge >= 0.3 is 0 Å². The molecule has 0 N–H and O–H groups in total. The van der Waals surface area contributed by atoms with E-state index in [-0.39, 0.29) is 72.7 Å². The summed E-state index contributed by atoms with van der Waals surface area (Å²) >= 11 is 25.6. The number of para-hydroxylation sites is 2. The quantitative estimate of drug-likeness (QED) is 0.0618. The third-order valence-corrected chi connectivity index (χ3v) is 23.5. The highest BCUT2D eigenvalue weighted by molar-refractivity contribution is 7.94. The maximum absolute atomic E-state index is 15.4. The third kappa shape index (κ3) is 14.3. The number of benzene rings is 6. The molecule has 0 unspecified atom stereocenters. The Bertz CT molecular complexity index is 4040. The van der Waals surface area contributed by atoms with Gasteiger partial charge in [0.15, 0.2) is 0 Å². The molecule has 0 bridgehead atoms. The number of halogens is 6. The molecule has 0 radical (unpaired) electrons. The lowest BCUT2D eigenvalue weighted by Gasteiger charge is -2.49. The minimum atomic E-state index is -3.92. The number of carbonyl (C=O) groups excluding carboxylic acids is 2. The van der Waals surface area contributed by atoms with E-state index >= 15 is 8.78 Å². The lowest BCUT2D eigenvalue weighted by molar-refractivity contribution is -0.180. The zero-order chi connectivity index (χ0) is 65.7. The largest absolute Gasteiger partial charge is 0.425 e. The van der Waals surface area contributed by atoms with Crippen LogP contribution in [0.4, 0.5) is 20.2 Å². The lowest BCUT2D eigenvalue weighted by atomic mass is 9.89. The van der Waals surface area contributed by atoms with Crippen LogP contribution in [0.3, 0.4) is 0 Å². The van der Waals surface area contributed by atoms with Gasteiger partial charge in [0, 0.05) is 33.9 Å². The van der Waals surface area contributed by atoms with E-state index in [1.165, 1.54) is 45.0 Å². The van der Waals surface area contributed by atoms with Crippen molar-refractivity contribution in [2.75, 3.05) is 21.7 Å². The molecule has 8 atom stereocenters. The fourth-order valence-corrected chi connectivity index (χ4v) is 17.3. The number of morpholine rings is 2. The maximum Gasteiger partial charge on any atom is 0.253 e. The molecule has 26 heteroatoms. The zero-order valence-corrected chi connectivity index (χ0v) is 55.7. The molecule has 4 saturated carbocycles. The fourth-order valence-electron chi connectivity index (χ4n) is 12.9. The fraction of sp³-hybridized carbons (Fsp3) is 0.382. The van der Waals surface area contributed by atoms with E-state index in [2.05, 4.69) is 20.4 Å². The van der Waals surface area contributed by atoms with Crippen LogP contribution in [0.25, 0.3) is 0 Å². The van der Waals surface area contributed by atoms with Crippen LogP contribution >= 0.6 is 46.4 Å². The molecule has 2 aliphatic heterocycles. The monoisotopic (exact) mass is 1400 g/mol. The van der Waals surface area contributed by atoms with Gasteiger partial charge < -0.3 is 28.1 Å². The topological polar surface area (TPSA) is 212 Å². The Hall–Kier alpha value is -7.02. The van der Waals surface area contributed by atoms with Crippen molar-refractivity contribution in [1.29, 1.82) is 0 Å². The van der Waals surface area contributed by atoms with Gasteiger partial charge in [0.2, 0.25) is 43.6 Å². The number of nitrogens with zero attached hydrogens (tertiary/aromatic N) is 8. The van der Waals surface area contributed by atoms with Crippen LogP contribution in [0.1, 0.15) is 121 Å². The molecule has 492 valence electrons. The van der Waals surface area contributed by atoms with Gasteiger partial charge in [-0.05, 0) is 158 Å². The highest BCUT2D eigenvalue weighted by atomic mass is 35.5. The normalized spacial score (nSPS) is 22.3. The summed E-state index contributed by atoms with van der Waals surface area (Å²) in [4.78, 5) is 33.1. The average molecular weight is 1400 g/mol. The van der Waals surface area contributed by atoms with Crippen LogP contribution in [-0.2, 0) is 52.0 Å². The molecule has 94 heavy (non-hydrogen) atoms. The van der Waals surface area contributed by atoms with Crippen LogP contribution in [0.15, 0.2) is 154 Å². The Kier molecular flexibility index (Phi) is 19.0. The summed E-state index contributed by atoms with van der Waals surface area (Å²) in [6.07, 6.45) is 1.68. The Morgan fingerprint density at radius 1 is 0.479 bits per heavy atom. The molecule has 2 aromatic heterocycles. The van der Waals surface area contributed by atoms with Crippen molar-refractivity contribution in [1.82, 2.24) is 30.2 Å². The Morgan fingerprint density at radius 3 is 1.17 bits per heavy atom. The van der Waals surface area contributed by atoms with Crippen molar-refractivity contribution < 1.29 is 53.5 Å². The van der Waals surface area contributed by atoms with Gasteiger partial charge in [-0.1, -0.05) is 119 Å². The minimum Gasteiger partial charge on any atom is -0.425 e. The predicted molar refractivity (Wildman–Crippen MR) is 350 cm³/mol. The summed E-state index contributed by atoms with van der Waals surface area (Å²) in [5.74, 6) is -0.860. The van der Waals surface area contributed by atoms with Crippen molar-refractivity contribution in [2.45, 2.75) is 137 Å². The molecular formula is C68H66Cl4F2N8O10S2. The molecule has 8 aromatic rings. The van der Waals surface area contributed by atoms with Crippen LogP contribution < -0.4 is 8.61 Å². The third-order valence-electron chi connectivity index (χ3n) is 18.0. The molecule has 6 fully saturated rings. The first-order valence-electron chi connectivity index (χ1n) is 31.3. The predicted octanol–water partition coefficient (Wildman–Crippen LogP) is 13.7. The Labute approximate surface area is 563 Å². The van der Waals surface area contributed by atoms with E-state index < -0.39 is 90.8 Å². The smallest absolute Gasteiger partial charge is 0.253 e. The van der Waals surface area contributed by atoms with E-state index in [1.54, 1.807) is 84.3 Å². The summed E-state index contributed by atoms with van der Waals surface area (Å²) in [6, 6.07) is 38.0. The van der Waals surface area contributed by atoms with Crippen molar-refractivity contribution in [3.63, 3.8) is 0 Å². The van der Waals surface area contributed by atoms with Gasteiger partial charge in [0.25, 0.3) is 11.8 Å². The highest BCUT2D eigenvalue weighted by Crippen LogP contribution is 2.52. The van der Waals surface area contributed by atoms with Gasteiger partial charge in [0.1, 0.15) is 36.1 Å². The number of rotatable bonds is 22. The number of amides is 2. The number of aromatic nitrogens is 4. The van der Waals surface area contributed by atoms with Crippen molar-refractivity contribution in [3.05, 3.63) is 223 Å². The molecule has 0 spiro atoms. The van der Waals surface area contributed by atoms with Crippen LogP contribution in [-0.4, -0.2) is 107 Å². The van der Waals surface area contributed by atoms with Crippen molar-refractivity contribution in [3.8, 4) is 0 Å². The second kappa shape index (κ2) is 27.2. The number of aryl methyl sites for hydroxylation is 2. The SMILES string of the molecule is Cc1nnc(C[C@@H]2O[C@H](c3cccc(Cl)c3)[C@@H](c3ccc(Cl)cc3)N([C@H](CN(c3ccccc3F)S(=O)(=O)C3CC3)C3CC3)C2=O)o1.Cc1nnc(C[C@H]2O[C@H](c3cccc(Cl)c3)[C@@H](c3ccc(Cl)cc3)N([C@H](CN(c3ccccc3F)S(=O)(=O)C3CC3)C3CC3)C2=O)o1. The summed E-state index contributed by atoms with van der Waals surface area (Å²) < 4.78 is 114. The van der Waals surface area contributed by atoms with Crippen LogP contribution in [0.2, 0.25) is 20.1 Å². The Morgan fingerprint density at radius 2 is 0.851 bits per heavy atom. The number of sulfonamides is 2. The molecule has 4 aliphatic carbocycles. The first-order chi connectivity index (χ1) is 45.2. The number of hydrogen-bond donors (Lipinski definition) is 0. The van der Waals surface area contributed by atoms with Gasteiger partial charge in [-0.3, -0.25) is 18.2 Å². The van der Waals surface area contributed by atoms with E-state index in [1.807, 2.05) is 48.5 Å². The van der Waals surface area contributed by atoms with Crippen molar-refractivity contribution >= 4 is 89.6 Å². The molecule has 6 aliphatic rings. The second-order valence-electron chi connectivity index (χ2n) is 24.8. The lowest BCUT2D eigenvalue weighted by Crippen LogP contribution is -2.59. The molecule has 2 amide bonds. The number of anilines is 2. The highest BCUT2D eigenvalue weighted by Gasteiger charge is 2.55. The first-order valence-corrected chi connectivity index (χ1v) is 35.8. The molecule has 14 rings (SSSR count). The molecule has 4 heterocycles. The van der Waals surface area contributed by atoms with Gasteiger partial charge in [-0.2, -0.15) is 0 Å². The molecule has 18 nitrogen and oxygen atoms in total. The zero-order valence-electron chi connectivity index (χ0n) is 51.0. The maximum atomic E-state index is 15.4. The standard InChI is InChI=1S/2C34H33Cl2FN4O5S/c2*1-20-38-39-31(45-20)18-30-34(42)41(32(22-11-13-24(35)14-12-22)33(46-30)23-5-4-6-25(36)17-23)29(21-9-10-21)19-40(47(43,44)26-15-16-26)28-8-3-2-7-27(28)37/h2*2-8,11-14,17,21,26,29-30,32-33H,9-10,15-16,18-19H2,1H3/t29-,30+,32-,33-;29-,30-,32-,33-/m11/s1. The number of ether oxygens (including phenoxy) is 2. The van der Waals surface area contributed by atoms with E-state index in [0.29, 0.717) is 57.6 Å². The average Bonchev–Trinajstić information content (AvgIpc) is 1.74. The molecule has 2 saturated heterocycles. The number of hydrogen-bond acceptors (Lipinski definition) is 14. The Balaban J connectivity index is 0.000000171. The van der Waals surface area contributed by atoms with E-state index in [9.17, 15) is 26.4 Å². The molecule has 6 aromatic carbocycles. The van der Waals surface area contributed by atoms with Crippen LogP contribution in [0.5, 0.6) is 0 Å². The summed E-state index contributed by atoms with van der Waals surface area (Å²) in [5, 5.41) is 16.9. The minimum absolute atomic E-state index is 0.00929. The molecular weight excluding hydrogens is 1330 g/mol. The first kappa shape index (κ1) is 65.6. The van der Waals surface area contributed by atoms with Gasteiger partial charge in [-0.25, -0.2) is 25.6 Å². The summed E-state index contributed by atoms with van der Waals surface area (Å²) in [5.41, 5.74) is 2.89. The van der Waals surface area contributed by atoms with E-state index in [4.69, 9.17) is 64.7 Å². The summed E-state index contributed by atoms with van der Waals surface area (Å²) in [6.45, 7) is 3.10. The second-order valence-corrected chi connectivity index (χ2v) is 30.8.